The number of rotatable bonds is 4. The fourth-order valence-corrected chi connectivity index (χ4v) is 3.29. The van der Waals surface area contributed by atoms with Gasteiger partial charge in [-0.1, -0.05) is 17.7 Å². The van der Waals surface area contributed by atoms with Crippen LogP contribution >= 0.6 is 31.9 Å². The maximum Gasteiger partial charge on any atom is 0.122 e. The number of hydrogen-bond donors (Lipinski definition) is 1. The van der Waals surface area contributed by atoms with Crippen molar-refractivity contribution < 1.29 is 9.84 Å². The molecule has 0 saturated heterocycles. The molecule has 0 spiro atoms. The Bertz CT molecular complexity index is 617. The number of ether oxygens (including phenoxy) is 1. The van der Waals surface area contributed by atoms with Crippen LogP contribution in [0.15, 0.2) is 39.4 Å². The molecular weight excluding hydrogens is 386 g/mol. The minimum Gasteiger partial charge on any atom is -0.496 e. The van der Waals surface area contributed by atoms with E-state index in [0.717, 1.165) is 25.8 Å². The topological polar surface area (TPSA) is 42.4 Å². The van der Waals surface area contributed by atoms with Gasteiger partial charge in [0.2, 0.25) is 0 Å². The highest BCUT2D eigenvalue weighted by Gasteiger charge is 2.16. The van der Waals surface area contributed by atoms with Gasteiger partial charge in [-0.15, -0.1) is 0 Å². The molecule has 3 nitrogen and oxygen atoms in total. The second-order valence-corrected chi connectivity index (χ2v) is 6.33. The van der Waals surface area contributed by atoms with Gasteiger partial charge in [-0.2, -0.15) is 0 Å². The Morgan fingerprint density at radius 3 is 2.70 bits per heavy atom. The molecule has 2 rings (SSSR count). The van der Waals surface area contributed by atoms with Gasteiger partial charge in [-0.25, -0.2) is 0 Å². The molecule has 0 aliphatic rings. The summed E-state index contributed by atoms with van der Waals surface area (Å²) in [4.78, 5) is 4.27. The van der Waals surface area contributed by atoms with Crippen molar-refractivity contribution in [3.63, 3.8) is 0 Å². The van der Waals surface area contributed by atoms with Crippen molar-refractivity contribution in [2.45, 2.75) is 19.4 Å². The van der Waals surface area contributed by atoms with E-state index in [1.807, 2.05) is 31.2 Å². The van der Waals surface area contributed by atoms with Crippen LogP contribution in [0.1, 0.15) is 22.9 Å². The van der Waals surface area contributed by atoms with Gasteiger partial charge in [0, 0.05) is 21.6 Å². The first kappa shape index (κ1) is 15.5. The van der Waals surface area contributed by atoms with E-state index in [1.165, 1.54) is 0 Å². The fourth-order valence-electron chi connectivity index (χ4n) is 2.04. The van der Waals surface area contributed by atoms with Gasteiger partial charge in [-0.3, -0.25) is 4.98 Å². The molecule has 1 atom stereocenters. The number of benzene rings is 1. The summed E-state index contributed by atoms with van der Waals surface area (Å²) in [5, 5.41) is 10.4. The standard InChI is InChI=1S/C15H15Br2NO2/c1-9-3-4-14(20-2)10(5-9)6-13(19)15-12(17)7-11(16)8-18-15/h3-5,7-8,13,19H,6H2,1-2H3. The van der Waals surface area contributed by atoms with Gasteiger partial charge in [0.05, 0.1) is 12.8 Å². The van der Waals surface area contributed by atoms with Gasteiger partial charge in [-0.05, 0) is 56.5 Å². The van der Waals surface area contributed by atoms with E-state index in [1.54, 1.807) is 13.3 Å². The van der Waals surface area contributed by atoms with Crippen molar-refractivity contribution >= 4 is 31.9 Å². The lowest BCUT2D eigenvalue weighted by Crippen LogP contribution is -2.06. The van der Waals surface area contributed by atoms with Gasteiger partial charge >= 0.3 is 0 Å². The third-order valence-electron chi connectivity index (χ3n) is 3.00. The lowest BCUT2D eigenvalue weighted by atomic mass is 10.0. The van der Waals surface area contributed by atoms with Crippen LogP contribution in [0.3, 0.4) is 0 Å². The zero-order valence-corrected chi connectivity index (χ0v) is 14.4. The van der Waals surface area contributed by atoms with Gasteiger partial charge < -0.3 is 9.84 Å². The molecule has 0 aliphatic heterocycles. The molecule has 5 heteroatoms. The minimum absolute atomic E-state index is 0.456. The number of halogens is 2. The predicted molar refractivity (Wildman–Crippen MR) is 86.0 cm³/mol. The molecular formula is C15H15Br2NO2. The minimum atomic E-state index is -0.687. The third kappa shape index (κ3) is 3.59. The summed E-state index contributed by atoms with van der Waals surface area (Å²) >= 11 is 6.78. The number of aryl methyl sites for hydroxylation is 1. The fraction of sp³-hybridized carbons (Fsp3) is 0.267. The summed E-state index contributed by atoms with van der Waals surface area (Å²) in [7, 11) is 1.63. The van der Waals surface area contributed by atoms with E-state index in [9.17, 15) is 5.11 Å². The Morgan fingerprint density at radius 2 is 2.05 bits per heavy atom. The second-order valence-electron chi connectivity index (χ2n) is 4.56. The second kappa shape index (κ2) is 6.70. The van der Waals surface area contributed by atoms with Crippen molar-refractivity contribution in [1.82, 2.24) is 4.98 Å². The summed E-state index contributed by atoms with van der Waals surface area (Å²) < 4.78 is 6.99. The summed E-state index contributed by atoms with van der Waals surface area (Å²) in [5.74, 6) is 0.780. The average molecular weight is 401 g/mol. The van der Waals surface area contributed by atoms with Crippen molar-refractivity contribution in [3.8, 4) is 5.75 Å². The normalized spacial score (nSPS) is 12.2. The highest BCUT2D eigenvalue weighted by atomic mass is 79.9. The molecule has 1 N–H and O–H groups in total. The largest absolute Gasteiger partial charge is 0.496 e. The molecule has 1 unspecified atom stereocenters. The molecule has 2 aromatic rings. The molecule has 0 fully saturated rings. The van der Waals surface area contributed by atoms with E-state index in [2.05, 4.69) is 36.8 Å². The van der Waals surface area contributed by atoms with E-state index < -0.39 is 6.10 Å². The number of pyridine rings is 1. The first-order valence-corrected chi connectivity index (χ1v) is 7.72. The van der Waals surface area contributed by atoms with E-state index >= 15 is 0 Å². The van der Waals surface area contributed by atoms with Crippen LogP contribution in [0.5, 0.6) is 5.75 Å². The Hall–Kier alpha value is -0.910. The number of methoxy groups -OCH3 is 1. The van der Waals surface area contributed by atoms with Crippen LogP contribution in [0.25, 0.3) is 0 Å². The molecule has 0 amide bonds. The maximum atomic E-state index is 10.4. The molecule has 1 heterocycles. The first-order chi connectivity index (χ1) is 9.51. The highest BCUT2D eigenvalue weighted by Crippen LogP contribution is 2.29. The van der Waals surface area contributed by atoms with E-state index in [4.69, 9.17) is 4.74 Å². The molecule has 1 aromatic heterocycles. The lowest BCUT2D eigenvalue weighted by molar-refractivity contribution is 0.171. The Balaban J connectivity index is 2.27. The molecule has 1 aromatic carbocycles. The van der Waals surface area contributed by atoms with Crippen molar-refractivity contribution in [2.24, 2.45) is 0 Å². The molecule has 20 heavy (non-hydrogen) atoms. The Kier molecular flexibility index (Phi) is 5.18. The van der Waals surface area contributed by atoms with Crippen LogP contribution in [0.2, 0.25) is 0 Å². The molecule has 0 saturated carbocycles. The van der Waals surface area contributed by atoms with Crippen molar-refractivity contribution in [3.05, 3.63) is 56.2 Å². The number of nitrogens with zero attached hydrogens (tertiary/aromatic N) is 1. The van der Waals surface area contributed by atoms with Crippen molar-refractivity contribution in [2.75, 3.05) is 7.11 Å². The molecule has 0 aliphatic carbocycles. The summed E-state index contributed by atoms with van der Waals surface area (Å²) in [6, 6.07) is 7.80. The number of aliphatic hydroxyl groups excluding tert-OH is 1. The van der Waals surface area contributed by atoms with Gasteiger partial charge in [0.25, 0.3) is 0 Å². The van der Waals surface area contributed by atoms with Crippen LogP contribution in [0, 0.1) is 6.92 Å². The van der Waals surface area contributed by atoms with E-state index in [-0.39, 0.29) is 0 Å². The van der Waals surface area contributed by atoms with Crippen molar-refractivity contribution in [1.29, 1.82) is 0 Å². The molecule has 0 radical (unpaired) electrons. The van der Waals surface area contributed by atoms with Crippen LogP contribution in [0.4, 0.5) is 0 Å². The maximum absolute atomic E-state index is 10.4. The zero-order chi connectivity index (χ0) is 14.7. The van der Waals surface area contributed by atoms with Crippen LogP contribution in [-0.2, 0) is 6.42 Å². The number of hydrogen-bond acceptors (Lipinski definition) is 3. The number of aromatic nitrogens is 1. The lowest BCUT2D eigenvalue weighted by Gasteiger charge is -2.15. The monoisotopic (exact) mass is 399 g/mol. The van der Waals surface area contributed by atoms with Gasteiger partial charge in [0.15, 0.2) is 0 Å². The summed E-state index contributed by atoms with van der Waals surface area (Å²) in [5.41, 5.74) is 2.73. The third-order valence-corrected chi connectivity index (χ3v) is 4.07. The predicted octanol–water partition coefficient (Wildman–Crippen LogP) is 4.20. The zero-order valence-electron chi connectivity index (χ0n) is 11.2. The van der Waals surface area contributed by atoms with Crippen LogP contribution in [-0.4, -0.2) is 17.2 Å². The molecule has 106 valence electrons. The average Bonchev–Trinajstić information content (AvgIpc) is 2.38. The SMILES string of the molecule is COc1ccc(C)cc1CC(O)c1ncc(Br)cc1Br. The molecule has 0 bridgehead atoms. The smallest absolute Gasteiger partial charge is 0.122 e. The first-order valence-electron chi connectivity index (χ1n) is 6.13. The van der Waals surface area contributed by atoms with Gasteiger partial charge in [0.1, 0.15) is 11.9 Å². The van der Waals surface area contributed by atoms with Crippen LogP contribution < -0.4 is 4.74 Å². The Labute approximate surface area is 135 Å². The summed E-state index contributed by atoms with van der Waals surface area (Å²) in [6.45, 7) is 2.02. The van der Waals surface area contributed by atoms with E-state index in [0.29, 0.717) is 12.1 Å². The number of aliphatic hydroxyl groups is 1. The quantitative estimate of drug-likeness (QED) is 0.836. The Morgan fingerprint density at radius 1 is 1.30 bits per heavy atom. The summed E-state index contributed by atoms with van der Waals surface area (Å²) in [6.07, 6.45) is 1.45. The highest BCUT2D eigenvalue weighted by molar-refractivity contribution is 9.11.